The summed E-state index contributed by atoms with van der Waals surface area (Å²) in [6.45, 7) is 3.53. The summed E-state index contributed by atoms with van der Waals surface area (Å²) in [6.07, 6.45) is 1.61. The summed E-state index contributed by atoms with van der Waals surface area (Å²) in [5.41, 5.74) is 1.30. The number of rotatable bonds is 4. The number of nitro benzene ring substituents is 1. The summed E-state index contributed by atoms with van der Waals surface area (Å²) in [6, 6.07) is 3.70. The summed E-state index contributed by atoms with van der Waals surface area (Å²) in [5.74, 6) is -2.99. The second kappa shape index (κ2) is 7.30. The molecule has 0 radical (unpaired) electrons. The van der Waals surface area contributed by atoms with Crippen molar-refractivity contribution in [1.29, 1.82) is 0 Å². The molecule has 3 rings (SSSR count). The highest BCUT2D eigenvalue weighted by Crippen LogP contribution is 2.44. The molecule has 1 aromatic carbocycles. The molecule has 0 saturated heterocycles. The van der Waals surface area contributed by atoms with E-state index in [4.69, 9.17) is 4.74 Å². The van der Waals surface area contributed by atoms with Gasteiger partial charge in [-0.2, -0.15) is 0 Å². The molecule has 0 spiro atoms. The molecular formula is C19H19N2O6-. The van der Waals surface area contributed by atoms with Crippen LogP contribution in [0.4, 0.5) is 5.69 Å². The predicted molar refractivity (Wildman–Crippen MR) is 94.4 cm³/mol. The number of carbonyl (C=O) groups is 2. The summed E-state index contributed by atoms with van der Waals surface area (Å²) in [7, 11) is 0. The largest absolute Gasteiger partial charge is 0.868 e. The maximum atomic E-state index is 12.7. The third-order valence-electron chi connectivity index (χ3n) is 4.91. The van der Waals surface area contributed by atoms with Gasteiger partial charge in [-0.25, -0.2) is 0 Å². The van der Waals surface area contributed by atoms with E-state index in [1.54, 1.807) is 13.8 Å². The standard InChI is InChI=1S/C19H20N2O6/c1-3-27-19(24)16-10(2)20-12-5-4-6-15(23)18(12)17(16)11-7-8-14(22)13(9-11)21(25)26/h7-9,16-17,22H,3-6H2,1-2H3/p-1/t16?,17-/m0/s1. The van der Waals surface area contributed by atoms with E-state index < -0.39 is 34.2 Å². The van der Waals surface area contributed by atoms with Gasteiger partial charge in [0.2, 0.25) is 0 Å². The van der Waals surface area contributed by atoms with E-state index in [1.807, 2.05) is 0 Å². The van der Waals surface area contributed by atoms with E-state index in [1.165, 1.54) is 6.07 Å². The van der Waals surface area contributed by atoms with Gasteiger partial charge >= 0.3 is 5.97 Å². The normalized spacial score (nSPS) is 22.1. The van der Waals surface area contributed by atoms with Gasteiger partial charge in [0.05, 0.1) is 11.5 Å². The third kappa shape index (κ3) is 3.34. The molecule has 2 aliphatic rings. The monoisotopic (exact) mass is 371 g/mol. The minimum Gasteiger partial charge on any atom is -0.868 e. The van der Waals surface area contributed by atoms with Crippen LogP contribution in [0.25, 0.3) is 0 Å². The molecule has 0 amide bonds. The van der Waals surface area contributed by atoms with Crippen molar-refractivity contribution < 1.29 is 24.4 Å². The molecule has 27 heavy (non-hydrogen) atoms. The number of allylic oxidation sites excluding steroid dienone is 2. The number of aliphatic imine (C=N–C) groups is 1. The van der Waals surface area contributed by atoms with Crippen molar-refractivity contribution >= 4 is 23.2 Å². The molecule has 1 heterocycles. The second-order valence-electron chi connectivity index (χ2n) is 6.58. The number of Topliss-reactive ketones (excluding diaryl/α,β-unsaturated/α-hetero) is 1. The fraction of sp³-hybridized carbons (Fsp3) is 0.421. The fourth-order valence-electron chi connectivity index (χ4n) is 3.77. The first-order chi connectivity index (χ1) is 12.8. The van der Waals surface area contributed by atoms with E-state index in [-0.39, 0.29) is 12.4 Å². The quantitative estimate of drug-likeness (QED) is 0.455. The highest BCUT2D eigenvalue weighted by atomic mass is 16.6. The molecule has 1 aromatic rings. The Morgan fingerprint density at radius 2 is 2.11 bits per heavy atom. The number of esters is 1. The lowest BCUT2D eigenvalue weighted by Crippen LogP contribution is -2.37. The first kappa shape index (κ1) is 18.8. The summed E-state index contributed by atoms with van der Waals surface area (Å²) in [4.78, 5) is 40.2. The van der Waals surface area contributed by atoms with Gasteiger partial charge in [0, 0.05) is 35.4 Å². The van der Waals surface area contributed by atoms with E-state index in [0.29, 0.717) is 41.8 Å². The topological polar surface area (TPSA) is 122 Å². The molecule has 0 fully saturated rings. The van der Waals surface area contributed by atoms with Crippen LogP contribution >= 0.6 is 0 Å². The number of hydrogen-bond donors (Lipinski definition) is 0. The Bertz CT molecular complexity index is 886. The third-order valence-corrected chi connectivity index (χ3v) is 4.91. The van der Waals surface area contributed by atoms with Crippen molar-refractivity contribution in [3.8, 4) is 5.75 Å². The predicted octanol–water partition coefficient (Wildman–Crippen LogP) is 2.41. The second-order valence-corrected chi connectivity index (χ2v) is 6.58. The SMILES string of the molecule is CCOC(=O)C1C(C)=NC2=C(C(=O)CCC2)[C@H]1c1ccc([O-])c([N+](=O)[O-])c1. The zero-order valence-corrected chi connectivity index (χ0v) is 15.1. The molecule has 0 bridgehead atoms. The number of nitro groups is 1. The molecule has 1 aliphatic heterocycles. The van der Waals surface area contributed by atoms with Crippen molar-refractivity contribution in [3.05, 3.63) is 45.1 Å². The van der Waals surface area contributed by atoms with Crippen LogP contribution in [-0.2, 0) is 14.3 Å². The average Bonchev–Trinajstić information content (AvgIpc) is 2.61. The van der Waals surface area contributed by atoms with E-state index >= 15 is 0 Å². The lowest BCUT2D eigenvalue weighted by molar-refractivity contribution is -0.398. The highest BCUT2D eigenvalue weighted by molar-refractivity contribution is 6.08. The number of hydrogen-bond acceptors (Lipinski definition) is 7. The molecule has 0 saturated carbocycles. The number of benzene rings is 1. The molecular weight excluding hydrogens is 352 g/mol. The van der Waals surface area contributed by atoms with Crippen molar-refractivity contribution in [3.63, 3.8) is 0 Å². The maximum absolute atomic E-state index is 12.7. The average molecular weight is 371 g/mol. The van der Waals surface area contributed by atoms with Crippen LogP contribution in [0, 0.1) is 16.0 Å². The Kier molecular flexibility index (Phi) is 5.07. The van der Waals surface area contributed by atoms with Crippen LogP contribution in [0.5, 0.6) is 5.75 Å². The molecule has 1 unspecified atom stereocenters. The first-order valence-corrected chi connectivity index (χ1v) is 8.78. The zero-order chi connectivity index (χ0) is 19.7. The fourth-order valence-corrected chi connectivity index (χ4v) is 3.77. The summed E-state index contributed by atoms with van der Waals surface area (Å²) < 4.78 is 5.17. The van der Waals surface area contributed by atoms with Crippen LogP contribution in [0.1, 0.15) is 44.6 Å². The number of carbonyl (C=O) groups excluding carboxylic acids is 2. The van der Waals surface area contributed by atoms with Crippen molar-refractivity contribution in [2.24, 2.45) is 10.9 Å². The van der Waals surface area contributed by atoms with Gasteiger partial charge in [-0.1, -0.05) is 12.1 Å². The van der Waals surface area contributed by atoms with Crippen molar-refractivity contribution in [2.45, 2.75) is 39.0 Å². The van der Waals surface area contributed by atoms with E-state index in [2.05, 4.69) is 4.99 Å². The van der Waals surface area contributed by atoms with E-state index in [0.717, 1.165) is 12.1 Å². The van der Waals surface area contributed by atoms with Crippen LogP contribution < -0.4 is 5.11 Å². The van der Waals surface area contributed by atoms with Gasteiger partial charge in [-0.3, -0.25) is 24.7 Å². The number of nitrogens with zero attached hydrogens (tertiary/aromatic N) is 2. The van der Waals surface area contributed by atoms with Crippen molar-refractivity contribution in [1.82, 2.24) is 0 Å². The lowest BCUT2D eigenvalue weighted by atomic mass is 9.71. The van der Waals surface area contributed by atoms with Gasteiger partial charge < -0.3 is 9.84 Å². The van der Waals surface area contributed by atoms with Crippen LogP contribution in [-0.4, -0.2) is 29.0 Å². The maximum Gasteiger partial charge on any atom is 0.315 e. The van der Waals surface area contributed by atoms with Gasteiger partial charge in [0.25, 0.3) is 5.69 Å². The Morgan fingerprint density at radius 1 is 1.37 bits per heavy atom. The number of ether oxygens (including phenoxy) is 1. The minimum atomic E-state index is -0.858. The number of ketones is 1. The Hall–Kier alpha value is -3.03. The molecule has 1 aliphatic carbocycles. The molecule has 142 valence electrons. The first-order valence-electron chi connectivity index (χ1n) is 8.78. The van der Waals surface area contributed by atoms with Gasteiger partial charge in [-0.15, -0.1) is 0 Å². The molecule has 8 nitrogen and oxygen atoms in total. The van der Waals surface area contributed by atoms with Crippen LogP contribution in [0.3, 0.4) is 0 Å². The molecule has 0 N–H and O–H groups in total. The van der Waals surface area contributed by atoms with E-state index in [9.17, 15) is 24.8 Å². The van der Waals surface area contributed by atoms with Gasteiger partial charge in [-0.05, 0) is 38.0 Å². The smallest absolute Gasteiger partial charge is 0.315 e. The Labute approximate surface area is 155 Å². The summed E-state index contributed by atoms with van der Waals surface area (Å²) in [5, 5.41) is 23.0. The molecule has 2 atom stereocenters. The highest BCUT2D eigenvalue weighted by Gasteiger charge is 2.43. The van der Waals surface area contributed by atoms with Crippen LogP contribution in [0.15, 0.2) is 34.5 Å². The molecule has 8 heteroatoms. The molecule has 0 aromatic heterocycles. The van der Waals surface area contributed by atoms with Gasteiger partial charge in [0.1, 0.15) is 5.92 Å². The Morgan fingerprint density at radius 3 is 2.78 bits per heavy atom. The summed E-state index contributed by atoms with van der Waals surface area (Å²) >= 11 is 0. The van der Waals surface area contributed by atoms with Crippen LogP contribution in [0.2, 0.25) is 0 Å². The van der Waals surface area contributed by atoms with Crippen molar-refractivity contribution in [2.75, 3.05) is 6.61 Å². The lowest BCUT2D eigenvalue weighted by Gasteiger charge is -2.34. The van der Waals surface area contributed by atoms with Gasteiger partial charge in [0.15, 0.2) is 5.78 Å². The Balaban J connectivity index is 2.20. The minimum absolute atomic E-state index is 0.124. The zero-order valence-electron chi connectivity index (χ0n) is 15.1.